The fourth-order valence-electron chi connectivity index (χ4n) is 3.38. The smallest absolute Gasteiger partial charge is 0.227 e. The molecule has 0 saturated carbocycles. The van der Waals surface area contributed by atoms with E-state index in [0.29, 0.717) is 6.42 Å². The van der Waals surface area contributed by atoms with Crippen LogP contribution in [0.3, 0.4) is 0 Å². The lowest BCUT2D eigenvalue weighted by Gasteiger charge is -2.29. The standard InChI is InChI=1S/C17H24N4O2/c1-4-6-15-17-18-7-10-20(17)8-5-9-21(15)16(22)11-14-12(2)19-23-13(14)3/h7,10,15H,4-6,8-9,11H2,1-3H3. The highest BCUT2D eigenvalue weighted by Gasteiger charge is 2.30. The van der Waals surface area contributed by atoms with Gasteiger partial charge in [-0.3, -0.25) is 4.79 Å². The molecular formula is C17H24N4O2. The zero-order chi connectivity index (χ0) is 16.4. The Morgan fingerprint density at radius 1 is 1.39 bits per heavy atom. The van der Waals surface area contributed by atoms with Gasteiger partial charge in [0.1, 0.15) is 11.6 Å². The first kappa shape index (κ1) is 15.8. The lowest BCUT2D eigenvalue weighted by molar-refractivity contribution is -0.133. The normalized spacial score (nSPS) is 17.9. The van der Waals surface area contributed by atoms with E-state index >= 15 is 0 Å². The van der Waals surface area contributed by atoms with Crippen LogP contribution in [0, 0.1) is 13.8 Å². The number of nitrogens with zero attached hydrogens (tertiary/aromatic N) is 4. The molecule has 3 heterocycles. The second-order valence-corrected chi connectivity index (χ2v) is 6.20. The second-order valence-electron chi connectivity index (χ2n) is 6.20. The van der Waals surface area contributed by atoms with Gasteiger partial charge in [0.25, 0.3) is 0 Å². The van der Waals surface area contributed by atoms with Gasteiger partial charge in [0.05, 0.1) is 18.2 Å². The van der Waals surface area contributed by atoms with E-state index in [1.807, 2.05) is 31.1 Å². The molecule has 1 amide bonds. The van der Waals surface area contributed by atoms with Gasteiger partial charge in [0.15, 0.2) is 0 Å². The summed E-state index contributed by atoms with van der Waals surface area (Å²) in [7, 11) is 0. The van der Waals surface area contributed by atoms with Gasteiger partial charge in [0.2, 0.25) is 5.91 Å². The molecule has 124 valence electrons. The van der Waals surface area contributed by atoms with Crippen molar-refractivity contribution in [2.45, 2.75) is 59.0 Å². The molecule has 0 aliphatic carbocycles. The maximum Gasteiger partial charge on any atom is 0.227 e. The number of aromatic nitrogens is 3. The number of rotatable bonds is 4. The molecule has 1 aliphatic heterocycles. The Morgan fingerprint density at radius 2 is 2.22 bits per heavy atom. The summed E-state index contributed by atoms with van der Waals surface area (Å²) in [4.78, 5) is 19.5. The zero-order valence-electron chi connectivity index (χ0n) is 14.1. The van der Waals surface area contributed by atoms with Gasteiger partial charge in [-0.05, 0) is 26.7 Å². The van der Waals surface area contributed by atoms with Crippen molar-refractivity contribution in [3.05, 3.63) is 35.2 Å². The Labute approximate surface area is 136 Å². The molecule has 0 spiro atoms. The van der Waals surface area contributed by atoms with E-state index in [2.05, 4.69) is 21.6 Å². The summed E-state index contributed by atoms with van der Waals surface area (Å²) in [6.45, 7) is 7.59. The average molecular weight is 316 g/mol. The van der Waals surface area contributed by atoms with Crippen LogP contribution in [0.4, 0.5) is 0 Å². The Bertz CT molecular complexity index is 669. The van der Waals surface area contributed by atoms with E-state index in [0.717, 1.165) is 55.2 Å². The fraction of sp³-hybridized carbons (Fsp3) is 0.588. The lowest BCUT2D eigenvalue weighted by atomic mass is 10.1. The van der Waals surface area contributed by atoms with Crippen molar-refractivity contribution in [1.29, 1.82) is 0 Å². The van der Waals surface area contributed by atoms with Crippen molar-refractivity contribution >= 4 is 5.91 Å². The van der Waals surface area contributed by atoms with Crippen LogP contribution in [0.15, 0.2) is 16.9 Å². The number of aryl methyl sites for hydroxylation is 3. The number of carbonyl (C=O) groups excluding carboxylic acids is 1. The maximum atomic E-state index is 13.0. The molecule has 23 heavy (non-hydrogen) atoms. The predicted octanol–water partition coefficient (Wildman–Crippen LogP) is 2.80. The molecule has 0 N–H and O–H groups in total. The summed E-state index contributed by atoms with van der Waals surface area (Å²) < 4.78 is 7.37. The Balaban J connectivity index is 1.86. The molecule has 0 bridgehead atoms. The number of hydrogen-bond acceptors (Lipinski definition) is 4. The lowest BCUT2D eigenvalue weighted by Crippen LogP contribution is -2.36. The molecule has 3 rings (SSSR count). The molecule has 0 aromatic carbocycles. The molecule has 2 aromatic rings. The molecule has 2 aromatic heterocycles. The summed E-state index contributed by atoms with van der Waals surface area (Å²) in [5, 5.41) is 3.95. The summed E-state index contributed by atoms with van der Waals surface area (Å²) in [6.07, 6.45) is 7.11. The van der Waals surface area contributed by atoms with Crippen LogP contribution in [-0.2, 0) is 17.8 Å². The number of fused-ring (bicyclic) bond motifs is 1. The van der Waals surface area contributed by atoms with E-state index in [4.69, 9.17) is 4.52 Å². The minimum atomic E-state index is 0.0606. The van der Waals surface area contributed by atoms with Gasteiger partial charge in [-0.1, -0.05) is 18.5 Å². The summed E-state index contributed by atoms with van der Waals surface area (Å²) >= 11 is 0. The van der Waals surface area contributed by atoms with E-state index in [-0.39, 0.29) is 11.9 Å². The molecule has 6 nitrogen and oxygen atoms in total. The van der Waals surface area contributed by atoms with Gasteiger partial charge in [0, 0.05) is 31.0 Å². The maximum absolute atomic E-state index is 13.0. The highest BCUT2D eigenvalue weighted by Crippen LogP contribution is 2.29. The van der Waals surface area contributed by atoms with Crippen molar-refractivity contribution in [2.24, 2.45) is 0 Å². The van der Waals surface area contributed by atoms with Crippen LogP contribution in [0.1, 0.15) is 55.1 Å². The number of hydrogen-bond donors (Lipinski definition) is 0. The summed E-state index contributed by atoms with van der Waals surface area (Å²) in [5.41, 5.74) is 1.72. The molecule has 0 fully saturated rings. The van der Waals surface area contributed by atoms with E-state index in [9.17, 15) is 4.79 Å². The van der Waals surface area contributed by atoms with Crippen molar-refractivity contribution < 1.29 is 9.32 Å². The van der Waals surface area contributed by atoms with Gasteiger partial charge in [-0.15, -0.1) is 0 Å². The van der Waals surface area contributed by atoms with Crippen molar-refractivity contribution in [1.82, 2.24) is 19.6 Å². The topological polar surface area (TPSA) is 64.2 Å². The second kappa shape index (κ2) is 6.56. The monoisotopic (exact) mass is 316 g/mol. The van der Waals surface area contributed by atoms with E-state index < -0.39 is 0 Å². The van der Waals surface area contributed by atoms with Gasteiger partial charge in [-0.25, -0.2) is 4.98 Å². The molecule has 6 heteroatoms. The third-order valence-electron chi connectivity index (χ3n) is 4.61. The van der Waals surface area contributed by atoms with E-state index in [1.165, 1.54) is 0 Å². The predicted molar refractivity (Wildman–Crippen MR) is 85.9 cm³/mol. The number of imidazole rings is 1. The highest BCUT2D eigenvalue weighted by atomic mass is 16.5. The average Bonchev–Trinajstić information content (AvgIpc) is 3.07. The zero-order valence-corrected chi connectivity index (χ0v) is 14.1. The van der Waals surface area contributed by atoms with Crippen LogP contribution in [0.25, 0.3) is 0 Å². The van der Waals surface area contributed by atoms with Crippen LogP contribution in [0.2, 0.25) is 0 Å². The third-order valence-corrected chi connectivity index (χ3v) is 4.61. The van der Waals surface area contributed by atoms with Gasteiger partial charge >= 0.3 is 0 Å². The third kappa shape index (κ3) is 3.02. The molecule has 0 radical (unpaired) electrons. The SMILES string of the molecule is CCCC1c2nccn2CCCN1C(=O)Cc1c(C)noc1C. The summed E-state index contributed by atoms with van der Waals surface area (Å²) in [5.74, 6) is 1.88. The highest BCUT2D eigenvalue weighted by molar-refractivity contribution is 5.79. The quantitative estimate of drug-likeness (QED) is 0.870. The van der Waals surface area contributed by atoms with Crippen molar-refractivity contribution in [3.8, 4) is 0 Å². The molecule has 1 aliphatic rings. The van der Waals surface area contributed by atoms with Gasteiger partial charge in [-0.2, -0.15) is 0 Å². The number of carbonyl (C=O) groups is 1. The summed E-state index contributed by atoms with van der Waals surface area (Å²) in [6, 6.07) is 0.0606. The Hall–Kier alpha value is -2.11. The number of amides is 1. The minimum Gasteiger partial charge on any atom is -0.361 e. The molecular weight excluding hydrogens is 292 g/mol. The van der Waals surface area contributed by atoms with Crippen LogP contribution in [-0.4, -0.2) is 32.1 Å². The largest absolute Gasteiger partial charge is 0.361 e. The molecule has 1 atom stereocenters. The van der Waals surface area contributed by atoms with E-state index in [1.54, 1.807) is 0 Å². The first-order valence-corrected chi connectivity index (χ1v) is 8.34. The fourth-order valence-corrected chi connectivity index (χ4v) is 3.38. The minimum absolute atomic E-state index is 0.0606. The Kier molecular flexibility index (Phi) is 4.50. The van der Waals surface area contributed by atoms with Crippen LogP contribution in [0.5, 0.6) is 0 Å². The first-order chi connectivity index (χ1) is 11.1. The van der Waals surface area contributed by atoms with Crippen LogP contribution < -0.4 is 0 Å². The van der Waals surface area contributed by atoms with Gasteiger partial charge < -0.3 is 14.0 Å². The first-order valence-electron chi connectivity index (χ1n) is 8.34. The Morgan fingerprint density at radius 3 is 2.91 bits per heavy atom. The van der Waals surface area contributed by atoms with Crippen molar-refractivity contribution in [2.75, 3.05) is 6.54 Å². The molecule has 0 saturated heterocycles. The molecule has 1 unspecified atom stereocenters. The van der Waals surface area contributed by atoms with Crippen molar-refractivity contribution in [3.63, 3.8) is 0 Å². The van der Waals surface area contributed by atoms with Crippen LogP contribution >= 0.6 is 0 Å².